The molecular weight excluding hydrogens is 314 g/mol. The van der Waals surface area contributed by atoms with E-state index in [1.165, 1.54) is 18.2 Å². The molecule has 1 fully saturated rings. The van der Waals surface area contributed by atoms with Crippen LogP contribution in [0.5, 0.6) is 0 Å². The largest absolute Gasteiger partial charge is 0.480 e. The Balaban J connectivity index is 1.73. The number of amides is 1. The summed E-state index contributed by atoms with van der Waals surface area (Å²) in [5.74, 6) is -0.209. The highest BCUT2D eigenvalue weighted by molar-refractivity contribution is 7.99. The zero-order valence-electron chi connectivity index (χ0n) is 13.1. The first-order chi connectivity index (χ1) is 11.1. The maximum absolute atomic E-state index is 12.0. The summed E-state index contributed by atoms with van der Waals surface area (Å²) in [5.41, 5.74) is 0.892. The van der Waals surface area contributed by atoms with Gasteiger partial charge in [-0.1, -0.05) is 30.3 Å². The van der Waals surface area contributed by atoms with Crippen molar-refractivity contribution < 1.29 is 19.4 Å². The van der Waals surface area contributed by atoms with Crippen molar-refractivity contribution in [2.75, 3.05) is 18.1 Å². The normalized spacial score (nSPS) is 19.0. The van der Waals surface area contributed by atoms with Gasteiger partial charge in [0.1, 0.15) is 6.04 Å². The van der Waals surface area contributed by atoms with Crippen molar-refractivity contribution in [2.45, 2.75) is 37.8 Å². The van der Waals surface area contributed by atoms with Gasteiger partial charge in [0, 0.05) is 18.8 Å². The molecule has 1 aromatic rings. The second kappa shape index (κ2) is 9.57. The van der Waals surface area contributed by atoms with E-state index in [1.54, 1.807) is 0 Å². The van der Waals surface area contributed by atoms with Gasteiger partial charge < -0.3 is 15.2 Å². The number of benzene rings is 1. The average Bonchev–Trinajstić information content (AvgIpc) is 2.56. The molecule has 1 saturated heterocycles. The number of hydrogen-bond donors (Lipinski definition) is 2. The molecule has 2 N–H and O–H groups in total. The number of carboxylic acids is 1. The minimum Gasteiger partial charge on any atom is -0.480 e. The lowest BCUT2D eigenvalue weighted by molar-refractivity contribution is -0.141. The summed E-state index contributed by atoms with van der Waals surface area (Å²) < 4.78 is 5.61. The standard InChI is InChI=1S/C17H23NO4S/c19-16(12-23-11-14-8-4-5-9-22-14)18-15(17(20)21)10-13-6-2-1-3-7-13/h1-3,6-7,14-15H,4-5,8-12H2,(H,18,19)(H,20,21)/t14?,15-/m1/s1. The van der Waals surface area contributed by atoms with Crippen molar-refractivity contribution in [3.8, 4) is 0 Å². The Bertz CT molecular complexity index is 503. The van der Waals surface area contributed by atoms with Crippen molar-refractivity contribution in [2.24, 2.45) is 0 Å². The fourth-order valence-corrected chi connectivity index (χ4v) is 3.42. The lowest BCUT2D eigenvalue weighted by Crippen LogP contribution is -2.43. The van der Waals surface area contributed by atoms with Gasteiger partial charge >= 0.3 is 5.97 Å². The topological polar surface area (TPSA) is 75.6 Å². The van der Waals surface area contributed by atoms with E-state index in [1.807, 2.05) is 30.3 Å². The summed E-state index contributed by atoms with van der Waals surface area (Å²) in [6.45, 7) is 0.801. The zero-order valence-corrected chi connectivity index (χ0v) is 13.9. The maximum Gasteiger partial charge on any atom is 0.326 e. The van der Waals surface area contributed by atoms with Crippen molar-refractivity contribution in [3.63, 3.8) is 0 Å². The SMILES string of the molecule is O=C(CSCC1CCCCO1)N[C@H](Cc1ccccc1)C(=O)O. The second-order valence-corrected chi connectivity index (χ2v) is 6.68. The fourth-order valence-electron chi connectivity index (χ4n) is 2.51. The minimum absolute atomic E-state index is 0.223. The Hall–Kier alpha value is -1.53. The predicted molar refractivity (Wildman–Crippen MR) is 90.6 cm³/mol. The summed E-state index contributed by atoms with van der Waals surface area (Å²) in [5, 5.41) is 11.9. The van der Waals surface area contributed by atoms with E-state index >= 15 is 0 Å². The van der Waals surface area contributed by atoms with E-state index in [9.17, 15) is 14.7 Å². The van der Waals surface area contributed by atoms with Gasteiger partial charge in [-0.05, 0) is 24.8 Å². The molecule has 0 aromatic heterocycles. The van der Waals surface area contributed by atoms with Gasteiger partial charge in [-0.3, -0.25) is 4.79 Å². The quantitative estimate of drug-likeness (QED) is 0.760. The highest BCUT2D eigenvalue weighted by atomic mass is 32.2. The first-order valence-corrected chi connectivity index (χ1v) is 9.06. The molecule has 1 amide bonds. The molecule has 1 aliphatic rings. The lowest BCUT2D eigenvalue weighted by Gasteiger charge is -2.22. The molecule has 2 rings (SSSR count). The molecule has 1 aliphatic heterocycles. The number of ether oxygens (including phenoxy) is 1. The van der Waals surface area contributed by atoms with Crippen LogP contribution in [0.2, 0.25) is 0 Å². The van der Waals surface area contributed by atoms with Crippen molar-refractivity contribution in [3.05, 3.63) is 35.9 Å². The lowest BCUT2D eigenvalue weighted by atomic mass is 10.1. The maximum atomic E-state index is 12.0. The number of thioether (sulfide) groups is 1. The molecule has 23 heavy (non-hydrogen) atoms. The van der Waals surface area contributed by atoms with E-state index in [-0.39, 0.29) is 24.2 Å². The monoisotopic (exact) mass is 337 g/mol. The Labute approximate surface area is 140 Å². The number of aliphatic carboxylic acids is 1. The highest BCUT2D eigenvalue weighted by Gasteiger charge is 2.21. The van der Waals surface area contributed by atoms with Gasteiger partial charge in [0.25, 0.3) is 0 Å². The molecular formula is C17H23NO4S. The van der Waals surface area contributed by atoms with Crippen LogP contribution in [0, 0.1) is 0 Å². The third-order valence-electron chi connectivity index (χ3n) is 3.73. The number of nitrogens with one attached hydrogen (secondary N) is 1. The molecule has 1 heterocycles. The van der Waals surface area contributed by atoms with Crippen LogP contribution in [0.25, 0.3) is 0 Å². The van der Waals surface area contributed by atoms with Crippen LogP contribution in [0.4, 0.5) is 0 Å². The molecule has 2 atom stereocenters. The molecule has 5 nitrogen and oxygen atoms in total. The summed E-state index contributed by atoms with van der Waals surface area (Å²) >= 11 is 1.50. The Morgan fingerprint density at radius 1 is 1.30 bits per heavy atom. The van der Waals surface area contributed by atoms with Crippen LogP contribution in [-0.4, -0.2) is 47.2 Å². The van der Waals surface area contributed by atoms with Gasteiger partial charge in [0.2, 0.25) is 5.91 Å². The summed E-state index contributed by atoms with van der Waals surface area (Å²) in [4.78, 5) is 23.3. The number of carbonyl (C=O) groups is 2. The fraction of sp³-hybridized carbons (Fsp3) is 0.529. The van der Waals surface area contributed by atoms with Crippen LogP contribution in [0.3, 0.4) is 0 Å². The summed E-state index contributed by atoms with van der Waals surface area (Å²) in [7, 11) is 0. The first-order valence-electron chi connectivity index (χ1n) is 7.90. The van der Waals surface area contributed by atoms with E-state index < -0.39 is 12.0 Å². The van der Waals surface area contributed by atoms with E-state index in [2.05, 4.69) is 5.32 Å². The van der Waals surface area contributed by atoms with Crippen molar-refractivity contribution in [1.29, 1.82) is 0 Å². The number of rotatable bonds is 8. The molecule has 0 aliphatic carbocycles. The van der Waals surface area contributed by atoms with Gasteiger partial charge in [-0.2, -0.15) is 0 Å². The van der Waals surface area contributed by atoms with Crippen LogP contribution in [0.1, 0.15) is 24.8 Å². The number of carbonyl (C=O) groups excluding carboxylic acids is 1. The Morgan fingerprint density at radius 2 is 2.09 bits per heavy atom. The van der Waals surface area contributed by atoms with Crippen LogP contribution in [0.15, 0.2) is 30.3 Å². The predicted octanol–water partition coefficient (Wildman–Crippen LogP) is 2.10. The Morgan fingerprint density at radius 3 is 2.74 bits per heavy atom. The molecule has 0 radical (unpaired) electrons. The van der Waals surface area contributed by atoms with Crippen molar-refractivity contribution >= 4 is 23.6 Å². The van der Waals surface area contributed by atoms with Gasteiger partial charge in [0.05, 0.1) is 11.9 Å². The third-order valence-corrected chi connectivity index (χ3v) is 4.80. The molecule has 126 valence electrons. The zero-order chi connectivity index (χ0) is 16.5. The summed E-state index contributed by atoms with van der Waals surface area (Å²) in [6, 6.07) is 8.42. The first kappa shape index (κ1) is 17.8. The Kier molecular flexibility index (Phi) is 7.42. The molecule has 0 bridgehead atoms. The second-order valence-electron chi connectivity index (χ2n) is 5.65. The highest BCUT2D eigenvalue weighted by Crippen LogP contribution is 2.17. The third kappa shape index (κ3) is 6.62. The van der Waals surface area contributed by atoms with Crippen LogP contribution in [-0.2, 0) is 20.7 Å². The minimum atomic E-state index is -1.01. The van der Waals surface area contributed by atoms with E-state index in [0.717, 1.165) is 30.8 Å². The van der Waals surface area contributed by atoms with E-state index in [4.69, 9.17) is 4.74 Å². The van der Waals surface area contributed by atoms with Gasteiger partial charge in [-0.15, -0.1) is 11.8 Å². The van der Waals surface area contributed by atoms with Gasteiger partial charge in [0.15, 0.2) is 0 Å². The molecule has 1 unspecified atom stereocenters. The van der Waals surface area contributed by atoms with E-state index in [0.29, 0.717) is 0 Å². The molecule has 6 heteroatoms. The summed E-state index contributed by atoms with van der Waals surface area (Å²) in [6.07, 6.45) is 3.84. The van der Waals surface area contributed by atoms with Crippen molar-refractivity contribution in [1.82, 2.24) is 5.32 Å². The van der Waals surface area contributed by atoms with Gasteiger partial charge in [-0.25, -0.2) is 4.79 Å². The number of carboxylic acid groups (broad SMARTS) is 1. The molecule has 0 spiro atoms. The molecule has 0 saturated carbocycles. The smallest absolute Gasteiger partial charge is 0.326 e. The average molecular weight is 337 g/mol. The number of hydrogen-bond acceptors (Lipinski definition) is 4. The van der Waals surface area contributed by atoms with Crippen LogP contribution >= 0.6 is 11.8 Å². The molecule has 1 aromatic carbocycles. The van der Waals surface area contributed by atoms with Crippen LogP contribution < -0.4 is 5.32 Å².